The van der Waals surface area contributed by atoms with E-state index in [2.05, 4.69) is 22.1 Å². The van der Waals surface area contributed by atoms with E-state index in [1.54, 1.807) is 4.90 Å². The summed E-state index contributed by atoms with van der Waals surface area (Å²) in [7, 11) is 0. The lowest BCUT2D eigenvalue weighted by molar-refractivity contribution is -0.123. The van der Waals surface area contributed by atoms with Crippen LogP contribution in [0.5, 0.6) is 0 Å². The Morgan fingerprint density at radius 2 is 2.17 bits per heavy atom. The summed E-state index contributed by atoms with van der Waals surface area (Å²) in [5, 5.41) is 11.6. The van der Waals surface area contributed by atoms with Crippen LogP contribution in [0.4, 0.5) is 0 Å². The zero-order valence-corrected chi connectivity index (χ0v) is 11.4. The summed E-state index contributed by atoms with van der Waals surface area (Å²) in [6.45, 7) is 6.09. The average molecular weight is 284 g/mol. The van der Waals surface area contributed by atoms with Gasteiger partial charge in [-0.1, -0.05) is 35.7 Å². The fourth-order valence-corrected chi connectivity index (χ4v) is 2.82. The van der Waals surface area contributed by atoms with Crippen molar-refractivity contribution in [3.63, 3.8) is 0 Å². The van der Waals surface area contributed by atoms with E-state index in [1.807, 2.05) is 6.92 Å². The molecule has 8 heteroatoms. The molecule has 2 fully saturated rings. The van der Waals surface area contributed by atoms with Gasteiger partial charge in [-0.2, -0.15) is 0 Å². The maximum absolute atomic E-state index is 11.6. The monoisotopic (exact) mass is 284 g/mol. The lowest BCUT2D eigenvalue weighted by Gasteiger charge is -2.14. The molecule has 0 aromatic carbocycles. The second kappa shape index (κ2) is 5.57. The number of thioether (sulfide) groups is 2. The third kappa shape index (κ3) is 3.14. The zero-order chi connectivity index (χ0) is 13.1. The van der Waals surface area contributed by atoms with Crippen molar-refractivity contribution >= 4 is 45.7 Å². The second-order valence-corrected chi connectivity index (χ2v) is 5.76. The standard InChI is InChI=1S/C10H12N4O2S2/c1-6(2)3-14-8(16)5-18-10(14)13-12-9-11-7(15)4-17-9/h1,3-5H2,2H3,(H,11,12,15)/b13-10+. The van der Waals surface area contributed by atoms with Crippen LogP contribution in [-0.2, 0) is 9.59 Å². The summed E-state index contributed by atoms with van der Waals surface area (Å²) in [4.78, 5) is 24.2. The normalized spacial score (nSPS) is 24.2. The van der Waals surface area contributed by atoms with Gasteiger partial charge in [0.15, 0.2) is 10.3 Å². The highest BCUT2D eigenvalue weighted by atomic mass is 32.2. The van der Waals surface area contributed by atoms with Gasteiger partial charge in [-0.3, -0.25) is 14.5 Å². The first-order chi connectivity index (χ1) is 8.56. The number of carbonyl (C=O) groups excluding carboxylic acids is 2. The minimum atomic E-state index is -0.0760. The smallest absolute Gasteiger partial charge is 0.239 e. The van der Waals surface area contributed by atoms with Gasteiger partial charge in [0.2, 0.25) is 11.8 Å². The van der Waals surface area contributed by atoms with Crippen LogP contribution in [0, 0.1) is 0 Å². The molecule has 96 valence electrons. The summed E-state index contributed by atoms with van der Waals surface area (Å²) < 4.78 is 0. The van der Waals surface area contributed by atoms with Gasteiger partial charge < -0.3 is 5.32 Å². The maximum Gasteiger partial charge on any atom is 0.239 e. The third-order valence-corrected chi connectivity index (χ3v) is 3.91. The van der Waals surface area contributed by atoms with Crippen molar-refractivity contribution in [2.75, 3.05) is 18.1 Å². The predicted octanol–water partition coefficient (Wildman–Crippen LogP) is 0.628. The molecule has 0 aromatic rings. The summed E-state index contributed by atoms with van der Waals surface area (Å²) in [5.74, 6) is 0.666. The van der Waals surface area contributed by atoms with Crippen molar-refractivity contribution in [3.05, 3.63) is 12.2 Å². The van der Waals surface area contributed by atoms with Crippen molar-refractivity contribution < 1.29 is 9.59 Å². The van der Waals surface area contributed by atoms with Crippen molar-refractivity contribution in [1.82, 2.24) is 10.2 Å². The average Bonchev–Trinajstić information content (AvgIpc) is 2.85. The van der Waals surface area contributed by atoms with E-state index in [9.17, 15) is 9.59 Å². The van der Waals surface area contributed by atoms with Gasteiger partial charge in [0, 0.05) is 6.54 Å². The van der Waals surface area contributed by atoms with Crippen LogP contribution < -0.4 is 5.32 Å². The maximum atomic E-state index is 11.6. The van der Waals surface area contributed by atoms with Crippen LogP contribution in [-0.4, -0.2) is 45.1 Å². The molecule has 0 spiro atoms. The summed E-state index contributed by atoms with van der Waals surface area (Å²) in [6.07, 6.45) is 0. The minimum Gasteiger partial charge on any atom is -0.303 e. The lowest BCUT2D eigenvalue weighted by atomic mass is 10.3. The van der Waals surface area contributed by atoms with E-state index in [4.69, 9.17) is 0 Å². The first-order valence-corrected chi connectivity index (χ1v) is 7.19. The number of nitrogens with one attached hydrogen (secondary N) is 1. The fourth-order valence-electron chi connectivity index (χ4n) is 1.36. The summed E-state index contributed by atoms with van der Waals surface area (Å²) in [6, 6.07) is 0. The second-order valence-electron chi connectivity index (χ2n) is 3.85. The molecular weight excluding hydrogens is 272 g/mol. The molecule has 2 aliphatic rings. The van der Waals surface area contributed by atoms with Gasteiger partial charge >= 0.3 is 0 Å². The molecule has 0 atom stereocenters. The van der Waals surface area contributed by atoms with Gasteiger partial charge in [0.1, 0.15) is 0 Å². The molecule has 18 heavy (non-hydrogen) atoms. The number of nitrogens with zero attached hydrogens (tertiary/aromatic N) is 3. The van der Waals surface area contributed by atoms with Crippen LogP contribution in [0.2, 0.25) is 0 Å². The molecule has 0 radical (unpaired) electrons. The molecule has 0 saturated carbocycles. The van der Waals surface area contributed by atoms with Gasteiger partial charge in [-0.25, -0.2) is 0 Å². The SMILES string of the molecule is C=C(C)CN1C(=O)CS/C1=N/N=C1\NC(=O)CS1. The van der Waals surface area contributed by atoms with Gasteiger partial charge in [-0.15, -0.1) is 10.2 Å². The first kappa shape index (κ1) is 13.2. The fraction of sp³-hybridized carbons (Fsp3) is 0.400. The van der Waals surface area contributed by atoms with Crippen molar-refractivity contribution in [1.29, 1.82) is 0 Å². The Bertz CT molecular complexity index is 472. The first-order valence-electron chi connectivity index (χ1n) is 5.22. The van der Waals surface area contributed by atoms with Crippen LogP contribution in [0.1, 0.15) is 6.92 Å². The molecule has 2 heterocycles. The molecule has 6 nitrogen and oxygen atoms in total. The van der Waals surface area contributed by atoms with Crippen LogP contribution in [0.3, 0.4) is 0 Å². The molecule has 0 unspecified atom stereocenters. The molecule has 0 aliphatic carbocycles. The minimum absolute atomic E-state index is 0.00469. The van der Waals surface area contributed by atoms with Crippen molar-refractivity contribution in [3.8, 4) is 0 Å². The van der Waals surface area contributed by atoms with Crippen LogP contribution >= 0.6 is 23.5 Å². The van der Waals surface area contributed by atoms with E-state index >= 15 is 0 Å². The lowest BCUT2D eigenvalue weighted by Crippen LogP contribution is -2.31. The molecular formula is C10H12N4O2S2. The van der Waals surface area contributed by atoms with E-state index in [1.165, 1.54) is 23.5 Å². The Kier molecular flexibility index (Phi) is 4.07. The Morgan fingerprint density at radius 3 is 2.78 bits per heavy atom. The largest absolute Gasteiger partial charge is 0.303 e. The topological polar surface area (TPSA) is 74.1 Å². The van der Waals surface area contributed by atoms with E-state index in [0.717, 1.165) is 5.57 Å². The number of rotatable bonds is 3. The number of carbonyl (C=O) groups is 2. The van der Waals surface area contributed by atoms with Crippen LogP contribution in [0.25, 0.3) is 0 Å². The number of amides is 2. The van der Waals surface area contributed by atoms with Gasteiger partial charge in [0.25, 0.3) is 0 Å². The Hall–Kier alpha value is -1.28. The molecule has 0 aromatic heterocycles. The van der Waals surface area contributed by atoms with Crippen molar-refractivity contribution in [2.24, 2.45) is 10.2 Å². The third-order valence-electron chi connectivity index (χ3n) is 2.10. The molecule has 2 aliphatic heterocycles. The highest BCUT2D eigenvalue weighted by Gasteiger charge is 2.28. The molecule has 0 bridgehead atoms. The quantitative estimate of drug-likeness (QED) is 0.609. The van der Waals surface area contributed by atoms with E-state index in [0.29, 0.717) is 28.4 Å². The van der Waals surface area contributed by atoms with E-state index < -0.39 is 0 Å². The van der Waals surface area contributed by atoms with Crippen LogP contribution in [0.15, 0.2) is 22.4 Å². The zero-order valence-electron chi connectivity index (χ0n) is 9.80. The molecule has 1 N–H and O–H groups in total. The van der Waals surface area contributed by atoms with E-state index in [-0.39, 0.29) is 11.8 Å². The Labute approximate surface area is 113 Å². The molecule has 2 amide bonds. The van der Waals surface area contributed by atoms with Gasteiger partial charge in [0.05, 0.1) is 11.5 Å². The highest BCUT2D eigenvalue weighted by molar-refractivity contribution is 8.15. The predicted molar refractivity (Wildman–Crippen MR) is 74.5 cm³/mol. The highest BCUT2D eigenvalue weighted by Crippen LogP contribution is 2.21. The summed E-state index contributed by atoms with van der Waals surface area (Å²) in [5.41, 5.74) is 0.884. The summed E-state index contributed by atoms with van der Waals surface area (Å²) >= 11 is 2.64. The van der Waals surface area contributed by atoms with Crippen molar-refractivity contribution in [2.45, 2.75) is 6.92 Å². The Balaban J connectivity index is 2.09. The number of amidine groups is 2. The number of hydrogen-bond acceptors (Lipinski definition) is 6. The molecule has 2 saturated heterocycles. The number of hydrogen-bond donors (Lipinski definition) is 1. The van der Waals surface area contributed by atoms with Gasteiger partial charge in [-0.05, 0) is 6.92 Å². The molecule has 2 rings (SSSR count). The Morgan fingerprint density at radius 1 is 1.39 bits per heavy atom.